The molecule has 140 valence electrons. The molecule has 0 aliphatic heterocycles. The minimum Gasteiger partial charge on any atom is -0.0718 e. The summed E-state index contributed by atoms with van der Waals surface area (Å²) in [5.41, 5.74) is 0. The van der Waals surface area contributed by atoms with Gasteiger partial charge in [-0.25, -0.2) is 0 Å². The molecule has 5 aliphatic carbocycles. The summed E-state index contributed by atoms with van der Waals surface area (Å²) < 4.78 is 1.65. The Morgan fingerprint density at radius 2 is 1.28 bits per heavy atom. The van der Waals surface area contributed by atoms with E-state index in [1.54, 1.807) is 74.2 Å². The van der Waals surface area contributed by atoms with Crippen LogP contribution < -0.4 is 0 Å². The van der Waals surface area contributed by atoms with Gasteiger partial charge in [0.05, 0.1) is 0 Å². The van der Waals surface area contributed by atoms with Gasteiger partial charge < -0.3 is 0 Å². The van der Waals surface area contributed by atoms with Crippen LogP contribution in [0.3, 0.4) is 0 Å². The predicted molar refractivity (Wildman–Crippen MR) is 115 cm³/mol. The van der Waals surface area contributed by atoms with Crippen LogP contribution in [0.2, 0.25) is 0 Å². The molecule has 5 aliphatic rings. The Morgan fingerprint density at radius 1 is 0.600 bits per heavy atom. The second kappa shape index (κ2) is 7.47. The standard InChI is InChI=1S/C24H37I/c25-22-11-9-18-13-17(6-7-20(18)15-22)19-10-12-24-21(14-19)8-5-16-3-1-2-4-23(16)24/h15-21,23-24H,1-14H2. The molecule has 0 N–H and O–H groups in total. The van der Waals surface area contributed by atoms with E-state index in [0.717, 1.165) is 47.3 Å². The van der Waals surface area contributed by atoms with Gasteiger partial charge in [0.2, 0.25) is 0 Å². The summed E-state index contributed by atoms with van der Waals surface area (Å²) in [5, 5.41) is 0. The number of fused-ring (bicyclic) bond motifs is 4. The largest absolute Gasteiger partial charge is 0.0718 e. The van der Waals surface area contributed by atoms with Crippen LogP contribution >= 0.6 is 22.6 Å². The van der Waals surface area contributed by atoms with Crippen LogP contribution in [0.1, 0.15) is 89.9 Å². The monoisotopic (exact) mass is 452 g/mol. The van der Waals surface area contributed by atoms with Gasteiger partial charge in [0.1, 0.15) is 0 Å². The topological polar surface area (TPSA) is 0 Å². The van der Waals surface area contributed by atoms with Crippen molar-refractivity contribution in [2.24, 2.45) is 47.3 Å². The molecule has 0 bridgehead atoms. The minimum absolute atomic E-state index is 0.950. The van der Waals surface area contributed by atoms with Gasteiger partial charge >= 0.3 is 0 Å². The van der Waals surface area contributed by atoms with Gasteiger partial charge in [-0.15, -0.1) is 0 Å². The van der Waals surface area contributed by atoms with Crippen LogP contribution in [0, 0.1) is 47.3 Å². The Bertz CT molecular complexity index is 508. The van der Waals surface area contributed by atoms with Crippen LogP contribution in [0.4, 0.5) is 0 Å². The Labute approximate surface area is 169 Å². The first kappa shape index (κ1) is 17.6. The summed E-state index contributed by atoms with van der Waals surface area (Å²) >= 11 is 2.59. The van der Waals surface area contributed by atoms with E-state index in [4.69, 9.17) is 0 Å². The highest BCUT2D eigenvalue weighted by atomic mass is 127. The number of rotatable bonds is 1. The second-order valence-corrected chi connectivity index (χ2v) is 11.8. The van der Waals surface area contributed by atoms with Crippen LogP contribution in [0.25, 0.3) is 0 Å². The third-order valence-electron chi connectivity index (χ3n) is 9.41. The lowest BCUT2D eigenvalue weighted by Gasteiger charge is -2.51. The molecule has 0 amide bonds. The molecule has 0 saturated heterocycles. The fourth-order valence-corrected chi connectivity index (χ4v) is 8.95. The minimum atomic E-state index is 0.950. The van der Waals surface area contributed by atoms with Gasteiger partial charge in [0.15, 0.2) is 0 Å². The van der Waals surface area contributed by atoms with Crippen LogP contribution in [0.5, 0.6) is 0 Å². The van der Waals surface area contributed by atoms with Gasteiger partial charge in [0.25, 0.3) is 0 Å². The van der Waals surface area contributed by atoms with Crippen molar-refractivity contribution < 1.29 is 0 Å². The molecular formula is C24H37I. The molecule has 0 aromatic carbocycles. The molecule has 0 radical (unpaired) electrons. The Hall–Kier alpha value is 0.470. The van der Waals surface area contributed by atoms with E-state index in [0.29, 0.717) is 0 Å². The summed E-state index contributed by atoms with van der Waals surface area (Å²) in [6.45, 7) is 0. The van der Waals surface area contributed by atoms with E-state index in [-0.39, 0.29) is 0 Å². The zero-order valence-corrected chi connectivity index (χ0v) is 18.1. The van der Waals surface area contributed by atoms with E-state index in [1.165, 1.54) is 19.3 Å². The molecule has 5 rings (SSSR count). The summed E-state index contributed by atoms with van der Waals surface area (Å²) in [4.78, 5) is 0. The summed E-state index contributed by atoms with van der Waals surface area (Å²) in [7, 11) is 0. The van der Waals surface area contributed by atoms with Crippen molar-refractivity contribution >= 4 is 22.6 Å². The molecule has 1 heteroatoms. The summed E-state index contributed by atoms with van der Waals surface area (Å²) in [6.07, 6.45) is 24.5. The van der Waals surface area contributed by atoms with Crippen LogP contribution in [-0.2, 0) is 0 Å². The molecule has 25 heavy (non-hydrogen) atoms. The van der Waals surface area contributed by atoms with Crippen LogP contribution in [-0.4, -0.2) is 0 Å². The third-order valence-corrected chi connectivity index (χ3v) is 10.3. The lowest BCUT2D eigenvalue weighted by molar-refractivity contribution is -0.00752. The highest BCUT2D eigenvalue weighted by molar-refractivity contribution is 14.1. The molecule has 0 aromatic rings. The molecule has 0 nitrogen and oxygen atoms in total. The maximum Gasteiger partial charge on any atom is -0.0131 e. The zero-order valence-electron chi connectivity index (χ0n) is 16.0. The number of allylic oxidation sites excluding steroid dienone is 2. The maximum absolute atomic E-state index is 2.65. The molecule has 4 saturated carbocycles. The van der Waals surface area contributed by atoms with Gasteiger partial charge in [-0.2, -0.15) is 0 Å². The van der Waals surface area contributed by atoms with Crippen LogP contribution in [0.15, 0.2) is 9.66 Å². The molecule has 0 heterocycles. The number of hydrogen-bond acceptors (Lipinski definition) is 0. The fourth-order valence-electron chi connectivity index (χ4n) is 8.18. The SMILES string of the molecule is IC1=CC2CCC(C3CCC4C(CCC5CCCCC54)C3)CC2CC1. The van der Waals surface area contributed by atoms with Crippen molar-refractivity contribution in [2.75, 3.05) is 0 Å². The Balaban J connectivity index is 1.21. The number of hydrogen-bond donors (Lipinski definition) is 0. The van der Waals surface area contributed by atoms with Gasteiger partial charge in [-0.1, -0.05) is 25.3 Å². The summed E-state index contributed by atoms with van der Waals surface area (Å²) in [6, 6.07) is 0. The second-order valence-electron chi connectivity index (χ2n) is 10.4. The highest BCUT2D eigenvalue weighted by Crippen LogP contribution is 2.55. The molecule has 0 aromatic heterocycles. The lowest BCUT2D eigenvalue weighted by Crippen LogP contribution is -2.42. The fraction of sp³-hybridized carbons (Fsp3) is 0.917. The average Bonchev–Trinajstić information content (AvgIpc) is 2.67. The van der Waals surface area contributed by atoms with Crippen molar-refractivity contribution in [2.45, 2.75) is 89.9 Å². The van der Waals surface area contributed by atoms with E-state index in [1.807, 2.05) is 0 Å². The van der Waals surface area contributed by atoms with Gasteiger partial charge in [-0.05, 0) is 144 Å². The van der Waals surface area contributed by atoms with E-state index >= 15 is 0 Å². The smallest absolute Gasteiger partial charge is 0.0131 e. The first-order valence-corrected chi connectivity index (χ1v) is 12.7. The molecule has 8 unspecified atom stereocenters. The number of halogens is 1. The van der Waals surface area contributed by atoms with Crippen molar-refractivity contribution in [3.63, 3.8) is 0 Å². The average molecular weight is 452 g/mol. The first-order valence-electron chi connectivity index (χ1n) is 11.6. The van der Waals surface area contributed by atoms with Crippen molar-refractivity contribution in [3.8, 4) is 0 Å². The Kier molecular flexibility index (Phi) is 5.25. The highest BCUT2D eigenvalue weighted by Gasteiger charge is 2.45. The third kappa shape index (κ3) is 3.49. The van der Waals surface area contributed by atoms with E-state index in [9.17, 15) is 0 Å². The Morgan fingerprint density at radius 3 is 2.20 bits per heavy atom. The summed E-state index contributed by atoms with van der Waals surface area (Å²) in [5.74, 6) is 8.75. The van der Waals surface area contributed by atoms with Gasteiger partial charge in [-0.3, -0.25) is 0 Å². The maximum atomic E-state index is 2.65. The molecule has 0 spiro atoms. The quantitative estimate of drug-likeness (QED) is 0.357. The van der Waals surface area contributed by atoms with Gasteiger partial charge in [0, 0.05) is 0 Å². The van der Waals surface area contributed by atoms with E-state index < -0.39 is 0 Å². The van der Waals surface area contributed by atoms with Crippen molar-refractivity contribution in [3.05, 3.63) is 9.66 Å². The van der Waals surface area contributed by atoms with Crippen molar-refractivity contribution in [1.29, 1.82) is 0 Å². The van der Waals surface area contributed by atoms with E-state index in [2.05, 4.69) is 28.7 Å². The lowest BCUT2D eigenvalue weighted by atomic mass is 9.54. The first-order chi connectivity index (χ1) is 12.3. The molecular weight excluding hydrogens is 415 g/mol. The normalized spacial score (nSPS) is 50.2. The zero-order chi connectivity index (χ0) is 16.8. The molecule has 4 fully saturated rings. The predicted octanol–water partition coefficient (Wildman–Crippen LogP) is 7.76. The molecule has 8 atom stereocenters. The van der Waals surface area contributed by atoms with Crippen molar-refractivity contribution in [1.82, 2.24) is 0 Å².